The third kappa shape index (κ3) is 6.51. The molecule has 2 aromatic rings. The molecule has 0 spiro atoms. The van der Waals surface area contributed by atoms with Gasteiger partial charge in [-0.05, 0) is 42.8 Å². The number of hydrogen-bond donors (Lipinski definition) is 1. The number of carbonyl (C=O) groups is 2. The number of nitrogens with one attached hydrogen (secondary N) is 1. The predicted octanol–water partition coefficient (Wildman–Crippen LogP) is 3.97. The minimum absolute atomic E-state index is 0.0680. The molecule has 2 amide bonds. The molecule has 0 aliphatic carbocycles. The molecule has 32 heavy (non-hydrogen) atoms. The van der Waals surface area contributed by atoms with Crippen LogP contribution in [0.3, 0.4) is 0 Å². The van der Waals surface area contributed by atoms with Crippen LogP contribution in [0.25, 0.3) is 0 Å². The van der Waals surface area contributed by atoms with Crippen molar-refractivity contribution >= 4 is 62.3 Å². The van der Waals surface area contributed by atoms with Gasteiger partial charge in [0.05, 0.1) is 11.9 Å². The van der Waals surface area contributed by atoms with E-state index in [1.807, 2.05) is 0 Å². The van der Waals surface area contributed by atoms with Gasteiger partial charge in [0.25, 0.3) is 0 Å². The molecule has 1 N–H and O–H groups in total. The van der Waals surface area contributed by atoms with Gasteiger partial charge in [0.2, 0.25) is 21.8 Å². The molecule has 0 fully saturated rings. The summed E-state index contributed by atoms with van der Waals surface area (Å²) in [5, 5.41) is 3.63. The Morgan fingerprint density at radius 1 is 1.03 bits per heavy atom. The summed E-state index contributed by atoms with van der Waals surface area (Å²) in [6.45, 7) is 1.17. The molecular weight excluding hydrogens is 497 g/mol. The fraction of sp³-hybridized carbons (Fsp3) is 0.333. The van der Waals surface area contributed by atoms with E-state index in [9.17, 15) is 18.0 Å². The van der Waals surface area contributed by atoms with Crippen molar-refractivity contribution in [1.29, 1.82) is 0 Å². The number of halogens is 3. The lowest BCUT2D eigenvalue weighted by Crippen LogP contribution is -2.51. The first-order chi connectivity index (χ1) is 15.0. The Balaban J connectivity index is 2.47. The molecule has 0 radical (unpaired) electrons. The zero-order valence-corrected chi connectivity index (χ0v) is 20.9. The van der Waals surface area contributed by atoms with Crippen LogP contribution in [0.5, 0.6) is 0 Å². The Kier molecular flexibility index (Phi) is 9.21. The quantitative estimate of drug-likeness (QED) is 0.542. The molecule has 1 atom stereocenters. The number of hydrogen-bond acceptors (Lipinski definition) is 4. The summed E-state index contributed by atoms with van der Waals surface area (Å²) >= 11 is 18.5. The number of likely N-dealkylation sites (N-methyl/N-ethyl adjacent to an activating group) is 1. The Labute approximate surface area is 203 Å². The van der Waals surface area contributed by atoms with E-state index in [1.165, 1.54) is 36.2 Å². The van der Waals surface area contributed by atoms with Crippen molar-refractivity contribution in [3.8, 4) is 0 Å². The fourth-order valence-corrected chi connectivity index (χ4v) is 4.65. The molecule has 1 unspecified atom stereocenters. The lowest BCUT2D eigenvalue weighted by molar-refractivity contribution is -0.140. The summed E-state index contributed by atoms with van der Waals surface area (Å²) in [7, 11) is -2.35. The number of sulfonamides is 1. The van der Waals surface area contributed by atoms with Gasteiger partial charge in [-0.15, -0.1) is 0 Å². The van der Waals surface area contributed by atoms with E-state index in [4.69, 9.17) is 34.8 Å². The van der Waals surface area contributed by atoms with Crippen LogP contribution in [-0.2, 0) is 26.2 Å². The van der Waals surface area contributed by atoms with Gasteiger partial charge in [-0.3, -0.25) is 13.9 Å². The van der Waals surface area contributed by atoms with Crippen molar-refractivity contribution in [2.24, 2.45) is 0 Å². The van der Waals surface area contributed by atoms with Crippen LogP contribution in [-0.4, -0.2) is 51.0 Å². The van der Waals surface area contributed by atoms with E-state index in [-0.39, 0.29) is 18.1 Å². The van der Waals surface area contributed by atoms with Gasteiger partial charge in [0, 0.05) is 34.2 Å². The highest BCUT2D eigenvalue weighted by molar-refractivity contribution is 7.92. The molecule has 0 saturated heterocycles. The highest BCUT2D eigenvalue weighted by Crippen LogP contribution is 2.28. The lowest BCUT2D eigenvalue weighted by Gasteiger charge is -2.33. The summed E-state index contributed by atoms with van der Waals surface area (Å²) in [6.07, 6.45) is 1.30. The minimum atomic E-state index is -3.82. The van der Waals surface area contributed by atoms with Crippen molar-refractivity contribution in [1.82, 2.24) is 10.2 Å². The summed E-state index contributed by atoms with van der Waals surface area (Å²) in [5.74, 6) is -0.974. The van der Waals surface area contributed by atoms with Gasteiger partial charge in [0.1, 0.15) is 12.6 Å². The van der Waals surface area contributed by atoms with Crippen LogP contribution in [0, 0.1) is 0 Å². The fourth-order valence-electron chi connectivity index (χ4n) is 3.16. The number of rotatable bonds is 9. The summed E-state index contributed by atoms with van der Waals surface area (Å²) in [5.41, 5.74) is 0.734. The lowest BCUT2D eigenvalue weighted by atomic mass is 10.1. The summed E-state index contributed by atoms with van der Waals surface area (Å²) in [4.78, 5) is 27.2. The van der Waals surface area contributed by atoms with E-state index in [1.54, 1.807) is 25.1 Å². The Morgan fingerprint density at radius 3 is 2.06 bits per heavy atom. The first kappa shape index (κ1) is 26.3. The number of anilines is 1. The summed E-state index contributed by atoms with van der Waals surface area (Å²) < 4.78 is 25.9. The number of amides is 2. The molecule has 0 saturated carbocycles. The Morgan fingerprint density at radius 2 is 1.59 bits per heavy atom. The van der Waals surface area contributed by atoms with Crippen molar-refractivity contribution in [3.63, 3.8) is 0 Å². The second-order valence-corrected chi connectivity index (χ2v) is 10.2. The standard InChI is InChI=1S/C21H24Cl3N3O4S/c1-4-19(21(29)25-2)26(12-16-17(23)6-5-7-18(16)24)20(28)13-27(32(3,30)31)15-10-8-14(22)9-11-15/h5-11,19H,4,12-13H2,1-3H3,(H,25,29). The van der Waals surface area contributed by atoms with E-state index in [0.29, 0.717) is 27.1 Å². The van der Waals surface area contributed by atoms with Crippen LogP contribution in [0.2, 0.25) is 15.1 Å². The molecule has 0 aliphatic heterocycles. The third-order valence-corrected chi connectivity index (χ3v) is 6.92. The molecule has 2 aromatic carbocycles. The Hall–Kier alpha value is -2.00. The van der Waals surface area contributed by atoms with Crippen LogP contribution < -0.4 is 9.62 Å². The SMILES string of the molecule is CCC(C(=O)NC)N(Cc1c(Cl)cccc1Cl)C(=O)CN(c1ccc(Cl)cc1)S(C)(=O)=O. The van der Waals surface area contributed by atoms with E-state index in [2.05, 4.69) is 5.32 Å². The maximum absolute atomic E-state index is 13.4. The van der Waals surface area contributed by atoms with Gasteiger partial charge in [-0.1, -0.05) is 47.8 Å². The average Bonchev–Trinajstić information content (AvgIpc) is 2.73. The van der Waals surface area contributed by atoms with Crippen molar-refractivity contribution in [2.45, 2.75) is 25.9 Å². The number of carbonyl (C=O) groups excluding carboxylic acids is 2. The molecule has 0 bridgehead atoms. The van der Waals surface area contributed by atoms with Gasteiger partial charge in [0.15, 0.2) is 0 Å². The van der Waals surface area contributed by atoms with E-state index >= 15 is 0 Å². The average molecular weight is 521 g/mol. The van der Waals surface area contributed by atoms with Crippen LogP contribution >= 0.6 is 34.8 Å². The number of nitrogens with zero attached hydrogens (tertiary/aromatic N) is 2. The van der Waals surface area contributed by atoms with Crippen molar-refractivity contribution in [2.75, 3.05) is 24.2 Å². The zero-order valence-electron chi connectivity index (χ0n) is 17.8. The molecule has 11 heteroatoms. The smallest absolute Gasteiger partial charge is 0.244 e. The largest absolute Gasteiger partial charge is 0.357 e. The first-order valence-electron chi connectivity index (χ1n) is 9.66. The molecule has 0 aromatic heterocycles. The van der Waals surface area contributed by atoms with Gasteiger partial charge >= 0.3 is 0 Å². The molecule has 174 valence electrons. The zero-order chi connectivity index (χ0) is 24.1. The monoisotopic (exact) mass is 519 g/mol. The molecular formula is C21H24Cl3N3O4S. The summed E-state index contributed by atoms with van der Waals surface area (Å²) in [6, 6.07) is 10.1. The van der Waals surface area contributed by atoms with Gasteiger partial charge < -0.3 is 10.2 Å². The maximum atomic E-state index is 13.4. The van der Waals surface area contributed by atoms with Crippen molar-refractivity contribution in [3.05, 3.63) is 63.1 Å². The normalized spacial score (nSPS) is 12.2. The predicted molar refractivity (Wildman–Crippen MR) is 129 cm³/mol. The Bertz CT molecular complexity index is 1060. The first-order valence-corrected chi connectivity index (χ1v) is 12.6. The molecule has 7 nitrogen and oxygen atoms in total. The number of benzene rings is 2. The topological polar surface area (TPSA) is 86.8 Å². The van der Waals surface area contributed by atoms with Gasteiger partial charge in [-0.2, -0.15) is 0 Å². The van der Waals surface area contributed by atoms with E-state index in [0.717, 1.165) is 10.6 Å². The van der Waals surface area contributed by atoms with Crippen LogP contribution in [0.4, 0.5) is 5.69 Å². The van der Waals surface area contributed by atoms with Crippen LogP contribution in [0.15, 0.2) is 42.5 Å². The molecule has 2 rings (SSSR count). The van der Waals surface area contributed by atoms with E-state index < -0.39 is 28.5 Å². The van der Waals surface area contributed by atoms with Crippen LogP contribution in [0.1, 0.15) is 18.9 Å². The highest BCUT2D eigenvalue weighted by Gasteiger charge is 2.32. The van der Waals surface area contributed by atoms with Gasteiger partial charge in [-0.25, -0.2) is 8.42 Å². The maximum Gasteiger partial charge on any atom is 0.244 e. The molecule has 0 heterocycles. The highest BCUT2D eigenvalue weighted by atomic mass is 35.5. The second-order valence-electron chi connectivity index (χ2n) is 7.01. The second kappa shape index (κ2) is 11.2. The third-order valence-electron chi connectivity index (χ3n) is 4.82. The van der Waals surface area contributed by atoms with Crippen molar-refractivity contribution < 1.29 is 18.0 Å². The molecule has 0 aliphatic rings. The minimum Gasteiger partial charge on any atom is -0.357 e.